The molecule has 124 valence electrons. The van der Waals surface area contributed by atoms with Crippen LogP contribution >= 0.6 is 0 Å². The summed E-state index contributed by atoms with van der Waals surface area (Å²) in [7, 11) is 1.96. The van der Waals surface area contributed by atoms with Gasteiger partial charge in [0.1, 0.15) is 12.4 Å². The van der Waals surface area contributed by atoms with Crippen LogP contribution in [0.5, 0.6) is 0 Å². The first-order valence-electron chi connectivity index (χ1n) is 7.81. The molecule has 0 saturated carbocycles. The third-order valence-corrected chi connectivity index (χ3v) is 4.40. The van der Waals surface area contributed by atoms with Crippen molar-refractivity contribution in [1.82, 2.24) is 24.7 Å². The smallest absolute Gasteiger partial charge is 0.325 e. The first kappa shape index (κ1) is 15.5. The number of rotatable bonds is 3. The Morgan fingerprint density at radius 3 is 2.83 bits per heavy atom. The molecule has 8 heteroatoms. The molecule has 1 aromatic rings. The minimum atomic E-state index is -0.489. The van der Waals surface area contributed by atoms with Gasteiger partial charge in [0.2, 0.25) is 5.91 Å². The molecule has 1 aromatic heterocycles. The minimum Gasteiger partial charge on any atom is -0.340 e. The molecule has 0 aliphatic carbocycles. The summed E-state index contributed by atoms with van der Waals surface area (Å²) in [5.41, 5.74) is 0.963. The predicted octanol–water partition coefficient (Wildman–Crippen LogP) is -0.0137. The number of piperidine rings is 1. The molecule has 1 atom stereocenters. The lowest BCUT2D eigenvalue weighted by Crippen LogP contribution is -2.46. The maximum Gasteiger partial charge on any atom is 0.325 e. The van der Waals surface area contributed by atoms with Crippen LogP contribution in [0.25, 0.3) is 0 Å². The van der Waals surface area contributed by atoms with Crippen molar-refractivity contribution in [3.8, 4) is 0 Å². The van der Waals surface area contributed by atoms with Crippen molar-refractivity contribution >= 4 is 17.8 Å². The Labute approximate surface area is 134 Å². The number of hydrogen-bond donors (Lipinski definition) is 1. The number of nitrogens with one attached hydrogen (secondary N) is 1. The van der Waals surface area contributed by atoms with Gasteiger partial charge in [-0.3, -0.25) is 14.5 Å². The van der Waals surface area contributed by atoms with E-state index in [9.17, 15) is 14.4 Å². The topological polar surface area (TPSA) is 87.5 Å². The molecule has 1 N–H and O–H groups in total. The molecule has 0 spiro atoms. The van der Waals surface area contributed by atoms with Gasteiger partial charge in [-0.05, 0) is 19.8 Å². The number of aryl methyl sites for hydroxylation is 2. The van der Waals surface area contributed by atoms with Crippen LogP contribution in [0.4, 0.5) is 4.79 Å². The van der Waals surface area contributed by atoms with Crippen LogP contribution in [-0.2, 0) is 16.6 Å². The highest BCUT2D eigenvalue weighted by Crippen LogP contribution is 2.26. The normalized spacial score (nSPS) is 21.7. The number of carbonyl (C=O) groups excluding carboxylic acids is 3. The van der Waals surface area contributed by atoms with Gasteiger partial charge >= 0.3 is 6.03 Å². The third kappa shape index (κ3) is 3.06. The molecule has 0 unspecified atom stereocenters. The van der Waals surface area contributed by atoms with E-state index >= 15 is 0 Å². The number of hydrogen-bond acceptors (Lipinski definition) is 4. The molecular formula is C15H21N5O3. The van der Waals surface area contributed by atoms with Crippen molar-refractivity contribution in [3.05, 3.63) is 17.7 Å². The second-order valence-electron chi connectivity index (χ2n) is 6.17. The highest BCUT2D eigenvalue weighted by atomic mass is 16.2. The summed E-state index contributed by atoms with van der Waals surface area (Å²) in [6.07, 6.45) is 3.85. The van der Waals surface area contributed by atoms with Crippen LogP contribution < -0.4 is 5.32 Å². The molecule has 2 fully saturated rings. The highest BCUT2D eigenvalue weighted by Gasteiger charge is 2.33. The molecule has 3 rings (SSSR count). The largest absolute Gasteiger partial charge is 0.340 e. The molecule has 2 aliphatic rings. The van der Waals surface area contributed by atoms with Crippen molar-refractivity contribution in [3.63, 3.8) is 0 Å². The quantitative estimate of drug-likeness (QED) is 0.794. The molecule has 3 heterocycles. The highest BCUT2D eigenvalue weighted by molar-refractivity contribution is 6.04. The molecular weight excluding hydrogens is 298 g/mol. The van der Waals surface area contributed by atoms with Gasteiger partial charge in [0.25, 0.3) is 5.91 Å². The fourth-order valence-corrected chi connectivity index (χ4v) is 3.28. The number of carbonyl (C=O) groups is 3. The van der Waals surface area contributed by atoms with Crippen LogP contribution in [0.15, 0.2) is 6.20 Å². The Balaban J connectivity index is 1.66. The van der Waals surface area contributed by atoms with E-state index in [1.165, 1.54) is 0 Å². The monoisotopic (exact) mass is 319 g/mol. The van der Waals surface area contributed by atoms with Crippen LogP contribution in [0.2, 0.25) is 0 Å². The zero-order valence-corrected chi connectivity index (χ0v) is 13.4. The van der Waals surface area contributed by atoms with E-state index in [0.717, 1.165) is 29.3 Å². The second-order valence-corrected chi connectivity index (χ2v) is 6.17. The van der Waals surface area contributed by atoms with Gasteiger partial charge < -0.3 is 14.8 Å². The minimum absolute atomic E-state index is 0.0265. The number of nitrogens with zero attached hydrogens (tertiary/aromatic N) is 4. The van der Waals surface area contributed by atoms with Gasteiger partial charge in [-0.15, -0.1) is 0 Å². The first-order chi connectivity index (χ1) is 11.0. The molecule has 0 bridgehead atoms. The Morgan fingerprint density at radius 1 is 1.43 bits per heavy atom. The standard InChI is InChI=1S/C15H21N5O3/c1-10-7-18(2)14(17-10)11-4-3-5-19(8-11)13(22)9-20-12(21)6-16-15(20)23/h7,11H,3-6,8-9H2,1-2H3,(H,16,23)/t11-/m0/s1. The summed E-state index contributed by atoms with van der Waals surface area (Å²) in [5.74, 6) is 0.632. The Morgan fingerprint density at radius 2 is 2.22 bits per heavy atom. The van der Waals surface area contributed by atoms with Crippen molar-refractivity contribution in [2.75, 3.05) is 26.2 Å². The lowest BCUT2D eigenvalue weighted by atomic mass is 9.97. The average molecular weight is 319 g/mol. The van der Waals surface area contributed by atoms with Gasteiger partial charge in [0.05, 0.1) is 12.2 Å². The molecule has 2 saturated heterocycles. The summed E-state index contributed by atoms with van der Waals surface area (Å²) in [6, 6.07) is -0.489. The summed E-state index contributed by atoms with van der Waals surface area (Å²) in [5, 5.41) is 2.43. The van der Waals surface area contributed by atoms with Crippen molar-refractivity contribution in [2.45, 2.75) is 25.7 Å². The fourth-order valence-electron chi connectivity index (χ4n) is 3.28. The lowest BCUT2D eigenvalue weighted by Gasteiger charge is -2.33. The number of urea groups is 1. The maximum absolute atomic E-state index is 12.4. The number of amides is 4. The van der Waals surface area contributed by atoms with Gasteiger partial charge in [-0.2, -0.15) is 0 Å². The average Bonchev–Trinajstić information content (AvgIpc) is 3.03. The van der Waals surface area contributed by atoms with Crippen molar-refractivity contribution < 1.29 is 14.4 Å². The third-order valence-electron chi connectivity index (χ3n) is 4.40. The van der Waals surface area contributed by atoms with E-state index in [1.807, 2.05) is 24.7 Å². The Kier molecular flexibility index (Phi) is 4.06. The molecule has 8 nitrogen and oxygen atoms in total. The van der Waals surface area contributed by atoms with Crippen LogP contribution in [-0.4, -0.2) is 63.4 Å². The Bertz CT molecular complexity index is 638. The molecule has 23 heavy (non-hydrogen) atoms. The van der Waals surface area contributed by atoms with Crippen molar-refractivity contribution in [1.29, 1.82) is 0 Å². The fraction of sp³-hybridized carbons (Fsp3) is 0.600. The first-order valence-corrected chi connectivity index (χ1v) is 7.81. The van der Waals surface area contributed by atoms with Gasteiger partial charge in [0.15, 0.2) is 0 Å². The van der Waals surface area contributed by atoms with E-state index in [0.29, 0.717) is 13.1 Å². The van der Waals surface area contributed by atoms with E-state index in [-0.39, 0.29) is 30.8 Å². The maximum atomic E-state index is 12.4. The van der Waals surface area contributed by atoms with E-state index in [4.69, 9.17) is 0 Å². The number of imidazole rings is 1. The van der Waals surface area contributed by atoms with Gasteiger partial charge in [-0.1, -0.05) is 0 Å². The number of likely N-dealkylation sites (tertiary alicyclic amines) is 1. The molecule has 0 radical (unpaired) electrons. The van der Waals surface area contributed by atoms with Gasteiger partial charge in [-0.25, -0.2) is 9.78 Å². The predicted molar refractivity (Wildman–Crippen MR) is 81.6 cm³/mol. The number of aromatic nitrogens is 2. The van der Waals surface area contributed by atoms with Crippen LogP contribution in [0.1, 0.15) is 30.3 Å². The summed E-state index contributed by atoms with van der Waals surface area (Å²) < 4.78 is 2.01. The van der Waals surface area contributed by atoms with Crippen molar-refractivity contribution in [2.24, 2.45) is 7.05 Å². The molecule has 0 aromatic carbocycles. The van der Waals surface area contributed by atoms with Gasteiger partial charge in [0, 0.05) is 32.3 Å². The van der Waals surface area contributed by atoms with Crippen LogP contribution in [0, 0.1) is 6.92 Å². The molecule has 4 amide bonds. The summed E-state index contributed by atoms with van der Waals surface area (Å²) in [6.45, 7) is 2.97. The summed E-state index contributed by atoms with van der Waals surface area (Å²) >= 11 is 0. The Hall–Kier alpha value is -2.38. The van der Waals surface area contributed by atoms with E-state index < -0.39 is 6.03 Å². The number of imide groups is 1. The zero-order chi connectivity index (χ0) is 16.6. The van der Waals surface area contributed by atoms with Crippen LogP contribution in [0.3, 0.4) is 0 Å². The summed E-state index contributed by atoms with van der Waals surface area (Å²) in [4.78, 5) is 42.8. The SMILES string of the molecule is Cc1cn(C)c([C@H]2CCCN(C(=O)CN3C(=O)CNC3=O)C2)n1. The molecule has 2 aliphatic heterocycles. The zero-order valence-electron chi connectivity index (χ0n) is 13.4. The van der Waals surface area contributed by atoms with E-state index in [1.54, 1.807) is 4.90 Å². The second kappa shape index (κ2) is 6.02. The van der Waals surface area contributed by atoms with E-state index in [2.05, 4.69) is 10.3 Å². The lowest BCUT2D eigenvalue weighted by molar-refractivity contribution is -0.137.